The van der Waals surface area contributed by atoms with E-state index in [0.29, 0.717) is 0 Å². The molecule has 7 rings (SSSR count). The van der Waals surface area contributed by atoms with Gasteiger partial charge in [-0.2, -0.15) is 0 Å². The van der Waals surface area contributed by atoms with Crippen molar-refractivity contribution in [2.45, 2.75) is 38.5 Å². The quantitative estimate of drug-likeness (QED) is 0.0918. The second kappa shape index (κ2) is 14.4. The lowest BCUT2D eigenvalue weighted by Crippen LogP contribution is -2.22. The number of aryl methyl sites for hydroxylation is 2. The highest BCUT2D eigenvalue weighted by molar-refractivity contribution is 6.00. The van der Waals surface area contributed by atoms with Gasteiger partial charge < -0.3 is 38.1 Å². The van der Waals surface area contributed by atoms with E-state index in [2.05, 4.69) is 0 Å². The molecule has 2 atom stereocenters. The molecule has 14 heteroatoms. The van der Waals surface area contributed by atoms with Crippen molar-refractivity contribution < 1.29 is 47.7 Å². The molecule has 0 saturated heterocycles. The maximum absolute atomic E-state index is 13.7. The Labute approximate surface area is 313 Å². The predicted molar refractivity (Wildman–Crippen MR) is 199 cm³/mol. The summed E-state index contributed by atoms with van der Waals surface area (Å²) in [5.41, 5.74) is -5.76. The van der Waals surface area contributed by atoms with Gasteiger partial charge in [0.2, 0.25) is 0 Å². The van der Waals surface area contributed by atoms with Crippen molar-refractivity contribution in [3.63, 3.8) is 0 Å². The third kappa shape index (κ3) is 6.64. The van der Waals surface area contributed by atoms with E-state index in [9.17, 15) is 49.2 Å². The van der Waals surface area contributed by atoms with Crippen LogP contribution in [0.3, 0.4) is 0 Å². The predicted octanol–water partition coefficient (Wildman–Crippen LogP) is 6.05. The molecule has 14 nitrogen and oxygen atoms in total. The average molecular weight is 759 g/mol. The molecule has 2 unspecified atom stereocenters. The first-order valence-electron chi connectivity index (χ1n) is 17.1. The zero-order chi connectivity index (χ0) is 40.0. The highest BCUT2D eigenvalue weighted by Crippen LogP contribution is 2.40. The van der Waals surface area contributed by atoms with Crippen LogP contribution in [0, 0.1) is 13.8 Å². The summed E-state index contributed by atoms with van der Waals surface area (Å²) >= 11 is 0. The van der Waals surface area contributed by atoms with E-state index in [4.69, 9.17) is 17.7 Å². The van der Waals surface area contributed by atoms with E-state index in [1.165, 1.54) is 62.4 Å². The number of ketones is 2. The van der Waals surface area contributed by atoms with Crippen LogP contribution < -0.4 is 22.5 Å². The largest absolute Gasteiger partial charge is 0.507 e. The summed E-state index contributed by atoms with van der Waals surface area (Å²) < 4.78 is 21.1. The molecule has 282 valence electrons. The van der Waals surface area contributed by atoms with Gasteiger partial charge in [0.15, 0.2) is 11.6 Å². The second-order valence-electron chi connectivity index (χ2n) is 13.1. The Hall–Kier alpha value is -7.48. The monoisotopic (exact) mass is 758 g/mol. The van der Waals surface area contributed by atoms with Gasteiger partial charge in [0, 0.05) is 36.8 Å². The van der Waals surface area contributed by atoms with Crippen molar-refractivity contribution >= 4 is 33.5 Å². The number of fused-ring (bicyclic) bond motifs is 2. The minimum Gasteiger partial charge on any atom is -0.507 e. The number of hydrogen-bond donors (Lipinski definition) is 4. The Kier molecular flexibility index (Phi) is 9.48. The lowest BCUT2D eigenvalue weighted by molar-refractivity contribution is 0.0960. The smallest absolute Gasteiger partial charge is 0.350 e. The molecule has 0 aliphatic rings. The summed E-state index contributed by atoms with van der Waals surface area (Å²) in [6.45, 7) is 2.80. The standard InChI is InChI=1S/C42H30O14/c1-19-15-27(43)35(41(51)53-19)29(45)17-25(33-37(47)23-7-3-5-9-31(23)55-39(33)49)21-11-13-22(14-12-21)26(18-30(46)36-28(44)16-20(2)54-42(36)52)34-38(48)24-8-4-6-10-32(24)56-40(34)50/h3-16,25-26,43-44,47-48H,17-18H2,1-2H3. The fraction of sp³-hybridized carbons (Fsp3) is 0.143. The van der Waals surface area contributed by atoms with Crippen molar-refractivity contribution in [2.75, 3.05) is 0 Å². The Morgan fingerprint density at radius 2 is 0.875 bits per heavy atom. The van der Waals surface area contributed by atoms with Crippen molar-refractivity contribution in [3.05, 3.63) is 172 Å². The highest BCUT2D eigenvalue weighted by atomic mass is 16.4. The third-order valence-corrected chi connectivity index (χ3v) is 9.52. The summed E-state index contributed by atoms with van der Waals surface area (Å²) in [5, 5.41) is 44.2. The molecular formula is C42H30O14. The first kappa shape index (κ1) is 36.9. The van der Waals surface area contributed by atoms with Gasteiger partial charge in [-0.1, -0.05) is 48.5 Å². The minimum absolute atomic E-state index is 0.0435. The first-order chi connectivity index (χ1) is 26.7. The van der Waals surface area contributed by atoms with Crippen LogP contribution in [0.15, 0.2) is 122 Å². The number of hydrogen-bond acceptors (Lipinski definition) is 14. The van der Waals surface area contributed by atoms with Gasteiger partial charge in [-0.05, 0) is 49.2 Å². The first-order valence-corrected chi connectivity index (χ1v) is 17.1. The summed E-state index contributed by atoms with van der Waals surface area (Å²) in [6.07, 6.45) is -1.31. The number of para-hydroxylation sites is 2. The number of aromatic hydroxyl groups is 4. The van der Waals surface area contributed by atoms with Crippen LogP contribution in [-0.4, -0.2) is 32.0 Å². The summed E-state index contributed by atoms with van der Waals surface area (Å²) in [6, 6.07) is 20.1. The minimum atomic E-state index is -1.31. The Morgan fingerprint density at radius 1 is 0.518 bits per heavy atom. The molecule has 0 saturated carbocycles. The van der Waals surface area contributed by atoms with Crippen LogP contribution in [-0.2, 0) is 0 Å². The van der Waals surface area contributed by atoms with Gasteiger partial charge in [0.25, 0.3) is 0 Å². The van der Waals surface area contributed by atoms with E-state index in [-0.39, 0.29) is 55.7 Å². The molecule has 4 heterocycles. The summed E-state index contributed by atoms with van der Waals surface area (Å²) in [4.78, 5) is 79.9. The van der Waals surface area contributed by atoms with Gasteiger partial charge in [-0.3, -0.25) is 9.59 Å². The van der Waals surface area contributed by atoms with Crippen LogP contribution in [0.5, 0.6) is 23.0 Å². The van der Waals surface area contributed by atoms with E-state index in [0.717, 1.165) is 12.1 Å². The van der Waals surface area contributed by atoms with E-state index in [1.54, 1.807) is 24.3 Å². The van der Waals surface area contributed by atoms with Gasteiger partial charge in [-0.25, -0.2) is 19.2 Å². The Bertz CT molecular complexity index is 2760. The number of carbonyl (C=O) groups excluding carboxylic acids is 2. The van der Waals surface area contributed by atoms with Crippen molar-refractivity contribution in [3.8, 4) is 23.0 Å². The fourth-order valence-electron chi connectivity index (χ4n) is 6.92. The van der Waals surface area contributed by atoms with Crippen molar-refractivity contribution in [1.82, 2.24) is 0 Å². The summed E-state index contributed by atoms with van der Waals surface area (Å²) in [5.74, 6) is -6.71. The number of Topliss-reactive ketones (excluding diaryl/α,β-unsaturated/α-hetero) is 2. The Morgan fingerprint density at radius 3 is 1.23 bits per heavy atom. The van der Waals surface area contributed by atoms with Gasteiger partial charge >= 0.3 is 22.5 Å². The fourth-order valence-corrected chi connectivity index (χ4v) is 6.92. The van der Waals surface area contributed by atoms with E-state index >= 15 is 0 Å². The zero-order valence-corrected chi connectivity index (χ0v) is 29.5. The lowest BCUT2D eigenvalue weighted by Gasteiger charge is -2.21. The second-order valence-corrected chi connectivity index (χ2v) is 13.1. The summed E-state index contributed by atoms with van der Waals surface area (Å²) in [7, 11) is 0. The topological polar surface area (TPSA) is 236 Å². The molecule has 4 aromatic heterocycles. The van der Waals surface area contributed by atoms with E-state index < -0.39 is 92.9 Å². The number of carbonyl (C=O) groups is 2. The molecule has 0 spiro atoms. The van der Waals surface area contributed by atoms with Crippen molar-refractivity contribution in [2.24, 2.45) is 0 Å². The normalized spacial score (nSPS) is 12.5. The molecule has 0 fully saturated rings. The molecule has 0 bridgehead atoms. The van der Waals surface area contributed by atoms with Crippen LogP contribution in [0.1, 0.15) is 79.2 Å². The number of rotatable bonds is 10. The molecule has 0 aliphatic heterocycles. The van der Waals surface area contributed by atoms with Crippen LogP contribution in [0.25, 0.3) is 21.9 Å². The van der Waals surface area contributed by atoms with Gasteiger partial charge in [-0.15, -0.1) is 0 Å². The molecule has 4 N–H and O–H groups in total. The van der Waals surface area contributed by atoms with E-state index in [1.807, 2.05) is 0 Å². The van der Waals surface area contributed by atoms with Crippen LogP contribution >= 0.6 is 0 Å². The molecule has 0 amide bonds. The zero-order valence-electron chi connectivity index (χ0n) is 29.5. The molecule has 7 aromatic rings. The number of benzene rings is 3. The molecule has 56 heavy (non-hydrogen) atoms. The highest BCUT2D eigenvalue weighted by Gasteiger charge is 2.33. The molecule has 3 aromatic carbocycles. The molecule has 0 radical (unpaired) electrons. The molecular weight excluding hydrogens is 728 g/mol. The molecule has 0 aliphatic carbocycles. The third-order valence-electron chi connectivity index (χ3n) is 9.52. The maximum atomic E-state index is 13.7. The maximum Gasteiger partial charge on any atom is 0.350 e. The SMILES string of the molecule is Cc1cc(O)c(C(=O)CC(c2ccc(C(CC(=O)c3c(O)cc(C)oc3=O)c3c(O)c4ccccc4oc3=O)cc2)c2c(O)c3ccccc3oc2=O)c(=O)o1. The lowest BCUT2D eigenvalue weighted by atomic mass is 9.82. The van der Waals surface area contributed by atoms with Crippen molar-refractivity contribution in [1.29, 1.82) is 0 Å². The average Bonchev–Trinajstić information content (AvgIpc) is 3.13. The van der Waals surface area contributed by atoms with Crippen LogP contribution in [0.2, 0.25) is 0 Å². The van der Waals surface area contributed by atoms with Gasteiger partial charge in [0.05, 0.1) is 21.9 Å². The van der Waals surface area contributed by atoms with Gasteiger partial charge in [0.1, 0.15) is 56.8 Å². The Balaban J connectivity index is 1.38. The van der Waals surface area contributed by atoms with Crippen LogP contribution in [0.4, 0.5) is 0 Å².